The Morgan fingerprint density at radius 1 is 1.65 bits per heavy atom. The number of hydrogen-bond acceptors (Lipinski definition) is 4. The molecule has 0 saturated carbocycles. The minimum absolute atomic E-state index is 0.0883. The molecule has 2 aromatic rings. The number of nitrogen functional groups attached to an aromatic ring is 1. The Balaban J connectivity index is 2.00. The highest BCUT2D eigenvalue weighted by Gasteiger charge is 2.11. The molecule has 0 atom stereocenters. The van der Waals surface area contributed by atoms with Crippen molar-refractivity contribution in [3.63, 3.8) is 0 Å². The van der Waals surface area contributed by atoms with E-state index in [1.165, 1.54) is 11.3 Å². The summed E-state index contributed by atoms with van der Waals surface area (Å²) in [5, 5.41) is 5.18. The Morgan fingerprint density at radius 3 is 2.94 bits per heavy atom. The van der Waals surface area contributed by atoms with Crippen LogP contribution in [-0.2, 0) is 13.6 Å². The number of aryl methyl sites for hydroxylation is 1. The third-order valence-electron chi connectivity index (χ3n) is 2.63. The summed E-state index contributed by atoms with van der Waals surface area (Å²) in [5.74, 6) is -0.0883. The summed E-state index contributed by atoms with van der Waals surface area (Å²) in [6.07, 6.45) is 1.87. The second-order valence-electron chi connectivity index (χ2n) is 3.79. The molecule has 90 valence electrons. The van der Waals surface area contributed by atoms with Gasteiger partial charge in [-0.3, -0.25) is 4.79 Å². The zero-order valence-electron chi connectivity index (χ0n) is 9.73. The van der Waals surface area contributed by atoms with Gasteiger partial charge in [0.2, 0.25) is 0 Å². The number of carbonyl (C=O) groups excluding carboxylic acids is 1. The lowest BCUT2D eigenvalue weighted by molar-refractivity contribution is 0.0950. The largest absolute Gasteiger partial charge is 0.375 e. The van der Waals surface area contributed by atoms with Crippen LogP contribution in [0.1, 0.15) is 21.7 Å². The Labute approximate surface area is 103 Å². The highest BCUT2D eigenvalue weighted by Crippen LogP contribution is 2.11. The molecule has 0 unspecified atom stereocenters. The van der Waals surface area contributed by atoms with E-state index in [4.69, 9.17) is 5.73 Å². The number of aromatic nitrogens is 2. The van der Waals surface area contributed by atoms with Gasteiger partial charge in [0.25, 0.3) is 5.91 Å². The molecule has 0 fully saturated rings. The Kier molecular flexibility index (Phi) is 3.14. The second-order valence-corrected chi connectivity index (χ2v) is 4.68. The van der Waals surface area contributed by atoms with Crippen LogP contribution < -0.4 is 11.1 Å². The van der Waals surface area contributed by atoms with Gasteiger partial charge in [0, 0.05) is 24.3 Å². The molecule has 17 heavy (non-hydrogen) atoms. The van der Waals surface area contributed by atoms with Crippen LogP contribution in [0.2, 0.25) is 0 Å². The van der Waals surface area contributed by atoms with E-state index in [0.717, 1.165) is 11.4 Å². The van der Waals surface area contributed by atoms with Crippen molar-refractivity contribution in [2.24, 2.45) is 7.05 Å². The molecule has 1 amide bonds. The molecule has 5 nitrogen and oxygen atoms in total. The van der Waals surface area contributed by atoms with Gasteiger partial charge in [0.1, 0.15) is 0 Å². The zero-order valence-corrected chi connectivity index (χ0v) is 10.5. The van der Waals surface area contributed by atoms with Crippen LogP contribution in [0.3, 0.4) is 0 Å². The van der Waals surface area contributed by atoms with Gasteiger partial charge in [-0.25, -0.2) is 4.98 Å². The van der Waals surface area contributed by atoms with Crippen LogP contribution in [-0.4, -0.2) is 15.5 Å². The van der Waals surface area contributed by atoms with Crippen LogP contribution in [0.4, 0.5) is 5.13 Å². The van der Waals surface area contributed by atoms with Crippen LogP contribution >= 0.6 is 11.3 Å². The number of nitrogens with two attached hydrogens (primary N) is 1. The molecule has 2 rings (SSSR count). The number of nitrogens with zero attached hydrogens (tertiary/aromatic N) is 2. The van der Waals surface area contributed by atoms with Crippen molar-refractivity contribution in [3.05, 3.63) is 34.6 Å². The van der Waals surface area contributed by atoms with Gasteiger partial charge in [-0.1, -0.05) is 0 Å². The van der Waals surface area contributed by atoms with Crippen molar-refractivity contribution >= 4 is 22.4 Å². The molecule has 2 aromatic heterocycles. The fraction of sp³-hybridized carbons (Fsp3) is 0.273. The predicted molar refractivity (Wildman–Crippen MR) is 67.8 cm³/mol. The maximum Gasteiger partial charge on any atom is 0.253 e. The number of thiazole rings is 1. The first-order chi connectivity index (χ1) is 8.08. The smallest absolute Gasteiger partial charge is 0.253 e. The maximum atomic E-state index is 11.9. The highest BCUT2D eigenvalue weighted by molar-refractivity contribution is 7.13. The van der Waals surface area contributed by atoms with Crippen molar-refractivity contribution < 1.29 is 4.79 Å². The highest BCUT2D eigenvalue weighted by atomic mass is 32.1. The van der Waals surface area contributed by atoms with Crippen molar-refractivity contribution in [1.82, 2.24) is 14.9 Å². The SMILES string of the molecule is Cc1c(C(=O)NCc2csc(N)n2)ccn1C. The first kappa shape index (κ1) is 11.7. The van der Waals surface area contributed by atoms with E-state index in [-0.39, 0.29) is 5.91 Å². The van der Waals surface area contributed by atoms with Crippen LogP contribution in [0, 0.1) is 6.92 Å². The van der Waals surface area contributed by atoms with Crippen LogP contribution in [0.15, 0.2) is 17.6 Å². The first-order valence-corrected chi connectivity index (χ1v) is 6.06. The molecule has 0 bridgehead atoms. The van der Waals surface area contributed by atoms with Gasteiger partial charge in [0.15, 0.2) is 5.13 Å². The molecular formula is C11H14N4OS. The summed E-state index contributed by atoms with van der Waals surface area (Å²) in [4.78, 5) is 16.0. The van der Waals surface area contributed by atoms with Gasteiger partial charge in [-0.2, -0.15) is 0 Å². The lowest BCUT2D eigenvalue weighted by Gasteiger charge is -2.03. The number of hydrogen-bond donors (Lipinski definition) is 2. The Bertz CT molecular complexity index is 543. The van der Waals surface area contributed by atoms with E-state index in [1.807, 2.05) is 30.1 Å². The van der Waals surface area contributed by atoms with Crippen molar-refractivity contribution in [2.45, 2.75) is 13.5 Å². The summed E-state index contributed by atoms with van der Waals surface area (Å²) >= 11 is 1.37. The monoisotopic (exact) mass is 250 g/mol. The van der Waals surface area contributed by atoms with Crippen molar-refractivity contribution in [1.29, 1.82) is 0 Å². The number of amides is 1. The van der Waals surface area contributed by atoms with E-state index in [2.05, 4.69) is 10.3 Å². The van der Waals surface area contributed by atoms with Gasteiger partial charge in [-0.15, -0.1) is 11.3 Å². The predicted octanol–water partition coefficient (Wildman–Crippen LogP) is 1.30. The molecule has 0 aliphatic heterocycles. The molecule has 0 aromatic carbocycles. The normalized spacial score (nSPS) is 10.5. The molecular weight excluding hydrogens is 236 g/mol. The topological polar surface area (TPSA) is 72.9 Å². The van der Waals surface area contributed by atoms with Gasteiger partial charge >= 0.3 is 0 Å². The summed E-state index contributed by atoms with van der Waals surface area (Å²) in [7, 11) is 1.91. The van der Waals surface area contributed by atoms with E-state index in [1.54, 1.807) is 6.07 Å². The lowest BCUT2D eigenvalue weighted by Crippen LogP contribution is -2.23. The quantitative estimate of drug-likeness (QED) is 0.862. The number of anilines is 1. The Hall–Kier alpha value is -1.82. The molecule has 6 heteroatoms. The van der Waals surface area contributed by atoms with Crippen LogP contribution in [0.25, 0.3) is 0 Å². The lowest BCUT2D eigenvalue weighted by atomic mass is 10.2. The number of carbonyl (C=O) groups is 1. The minimum Gasteiger partial charge on any atom is -0.375 e. The van der Waals surface area contributed by atoms with E-state index < -0.39 is 0 Å². The summed E-state index contributed by atoms with van der Waals surface area (Å²) in [6, 6.07) is 1.81. The molecule has 2 heterocycles. The van der Waals surface area contributed by atoms with Gasteiger partial charge in [-0.05, 0) is 13.0 Å². The second kappa shape index (κ2) is 4.58. The molecule has 0 aliphatic carbocycles. The van der Waals surface area contributed by atoms with Crippen molar-refractivity contribution in [3.8, 4) is 0 Å². The Morgan fingerprint density at radius 2 is 2.41 bits per heavy atom. The average molecular weight is 250 g/mol. The van der Waals surface area contributed by atoms with E-state index in [9.17, 15) is 4.79 Å². The molecule has 0 saturated heterocycles. The fourth-order valence-corrected chi connectivity index (χ4v) is 2.08. The van der Waals surface area contributed by atoms with Gasteiger partial charge in [0.05, 0.1) is 17.8 Å². The summed E-state index contributed by atoms with van der Waals surface area (Å²) in [5.41, 5.74) is 7.94. The summed E-state index contributed by atoms with van der Waals surface area (Å²) < 4.78 is 1.91. The molecule has 0 aliphatic rings. The van der Waals surface area contributed by atoms with E-state index in [0.29, 0.717) is 17.2 Å². The fourth-order valence-electron chi connectivity index (χ4n) is 1.52. The minimum atomic E-state index is -0.0883. The molecule has 0 spiro atoms. The summed E-state index contributed by atoms with van der Waals surface area (Å²) in [6.45, 7) is 2.32. The molecule has 0 radical (unpaired) electrons. The first-order valence-electron chi connectivity index (χ1n) is 5.18. The third-order valence-corrected chi connectivity index (χ3v) is 3.35. The average Bonchev–Trinajstić information content (AvgIpc) is 2.84. The van der Waals surface area contributed by atoms with Crippen LogP contribution in [0.5, 0.6) is 0 Å². The third kappa shape index (κ3) is 2.47. The molecule has 3 N–H and O–H groups in total. The van der Waals surface area contributed by atoms with Crippen molar-refractivity contribution in [2.75, 3.05) is 5.73 Å². The number of nitrogens with one attached hydrogen (secondary N) is 1. The van der Waals surface area contributed by atoms with E-state index >= 15 is 0 Å². The maximum absolute atomic E-state index is 11.9. The zero-order chi connectivity index (χ0) is 12.4. The number of rotatable bonds is 3. The van der Waals surface area contributed by atoms with Gasteiger partial charge < -0.3 is 15.6 Å². The standard InChI is InChI=1S/C11H14N4OS/c1-7-9(3-4-15(7)2)10(16)13-5-8-6-17-11(12)14-8/h3-4,6H,5H2,1-2H3,(H2,12,14)(H,13,16).